The third kappa shape index (κ3) is 3.13. The van der Waals surface area contributed by atoms with E-state index in [0.717, 1.165) is 18.7 Å². The maximum Gasteiger partial charge on any atom is 0.264 e. The van der Waals surface area contributed by atoms with E-state index in [0.29, 0.717) is 17.4 Å². The summed E-state index contributed by atoms with van der Waals surface area (Å²) in [5.41, 5.74) is 0.0255. The molecule has 26 heavy (non-hydrogen) atoms. The highest BCUT2D eigenvalue weighted by atomic mass is 16.2. The Labute approximate surface area is 149 Å². The molecule has 132 valence electrons. The van der Waals surface area contributed by atoms with Crippen LogP contribution in [0.5, 0.6) is 0 Å². The van der Waals surface area contributed by atoms with Crippen molar-refractivity contribution in [3.63, 3.8) is 0 Å². The van der Waals surface area contributed by atoms with Gasteiger partial charge in [0, 0.05) is 31.8 Å². The second-order valence-electron chi connectivity index (χ2n) is 6.37. The number of hydrogen-bond acceptors (Lipinski definition) is 5. The van der Waals surface area contributed by atoms with E-state index in [2.05, 4.69) is 25.3 Å². The van der Waals surface area contributed by atoms with Gasteiger partial charge in [0.2, 0.25) is 0 Å². The molecule has 3 heterocycles. The summed E-state index contributed by atoms with van der Waals surface area (Å²) in [5, 5.41) is 2.94. The van der Waals surface area contributed by atoms with Crippen LogP contribution in [0.25, 0.3) is 11.5 Å². The van der Waals surface area contributed by atoms with Crippen LogP contribution >= 0.6 is 0 Å². The van der Waals surface area contributed by atoms with Crippen LogP contribution in [-0.2, 0) is 7.05 Å². The molecule has 8 nitrogen and oxygen atoms in total. The largest absolute Gasteiger partial charge is 0.342 e. The van der Waals surface area contributed by atoms with Crippen molar-refractivity contribution in [2.75, 3.05) is 0 Å². The Bertz CT molecular complexity index is 990. The number of carbonyl (C=O) groups excluding carboxylic acids is 1. The van der Waals surface area contributed by atoms with Crippen LogP contribution in [0.4, 0.5) is 0 Å². The van der Waals surface area contributed by atoms with Gasteiger partial charge in [-0.05, 0) is 30.9 Å². The Morgan fingerprint density at radius 1 is 1.27 bits per heavy atom. The Morgan fingerprint density at radius 3 is 2.73 bits per heavy atom. The normalized spacial score (nSPS) is 14.8. The lowest BCUT2D eigenvalue weighted by atomic mass is 10.1. The number of rotatable bonds is 5. The number of aromatic amines is 1. The van der Waals surface area contributed by atoms with Crippen LogP contribution in [-0.4, -0.2) is 30.4 Å². The van der Waals surface area contributed by atoms with Crippen LogP contribution in [0.2, 0.25) is 0 Å². The molecule has 1 amide bonds. The predicted octanol–water partition coefficient (Wildman–Crippen LogP) is 1.45. The monoisotopic (exact) mass is 350 g/mol. The van der Waals surface area contributed by atoms with E-state index < -0.39 is 11.5 Å². The molecule has 4 rings (SSSR count). The molecule has 3 aromatic rings. The van der Waals surface area contributed by atoms with Crippen LogP contribution in [0, 0.1) is 5.92 Å². The predicted molar refractivity (Wildman–Crippen MR) is 94.2 cm³/mol. The summed E-state index contributed by atoms with van der Waals surface area (Å²) in [4.78, 5) is 40.3. The van der Waals surface area contributed by atoms with Crippen LogP contribution in [0.1, 0.15) is 35.1 Å². The van der Waals surface area contributed by atoms with Crippen LogP contribution < -0.4 is 10.9 Å². The quantitative estimate of drug-likeness (QED) is 0.724. The average Bonchev–Trinajstić information content (AvgIpc) is 3.41. The van der Waals surface area contributed by atoms with Crippen molar-refractivity contribution in [3.8, 4) is 11.5 Å². The van der Waals surface area contributed by atoms with E-state index in [9.17, 15) is 9.59 Å². The smallest absolute Gasteiger partial charge is 0.264 e. The highest BCUT2D eigenvalue weighted by Gasteiger charge is 2.36. The number of aromatic nitrogens is 5. The number of hydrogen-bond donors (Lipinski definition) is 2. The van der Waals surface area contributed by atoms with Crippen molar-refractivity contribution in [3.05, 3.63) is 64.7 Å². The standard InChI is InChI=1S/C18H18N6O2/c1-24-9-8-20-16(24)14(11-5-6-11)22-17(25)12-10-21-15(23-18(12)26)13-4-2-3-7-19-13/h2-4,7-11,14H,5-6H2,1H3,(H,22,25)(H,21,23,26)/t14-/m1/s1. The first kappa shape index (κ1) is 16.2. The summed E-state index contributed by atoms with van der Waals surface area (Å²) in [6, 6.07) is 5.11. The molecule has 0 unspecified atom stereocenters. The zero-order valence-electron chi connectivity index (χ0n) is 14.2. The van der Waals surface area contributed by atoms with Gasteiger partial charge in [0.15, 0.2) is 5.82 Å². The molecule has 1 fully saturated rings. The molecule has 0 spiro atoms. The average molecular weight is 350 g/mol. The lowest BCUT2D eigenvalue weighted by Crippen LogP contribution is -2.35. The Balaban J connectivity index is 1.58. The summed E-state index contributed by atoms with van der Waals surface area (Å²) in [7, 11) is 1.89. The molecule has 0 saturated heterocycles. The fourth-order valence-electron chi connectivity index (χ4n) is 2.91. The Kier molecular flexibility index (Phi) is 4.08. The lowest BCUT2D eigenvalue weighted by molar-refractivity contribution is 0.0927. The number of amides is 1. The molecule has 0 aliphatic heterocycles. The summed E-state index contributed by atoms with van der Waals surface area (Å²) >= 11 is 0. The molecule has 8 heteroatoms. The molecule has 0 bridgehead atoms. The van der Waals surface area contributed by atoms with Crippen LogP contribution in [0.15, 0.2) is 47.8 Å². The van der Waals surface area contributed by atoms with E-state index >= 15 is 0 Å². The van der Waals surface area contributed by atoms with Crippen molar-refractivity contribution in [1.82, 2.24) is 29.8 Å². The van der Waals surface area contributed by atoms with E-state index in [4.69, 9.17) is 0 Å². The van der Waals surface area contributed by atoms with Crippen molar-refractivity contribution in [2.24, 2.45) is 13.0 Å². The molecule has 0 radical (unpaired) electrons. The van der Waals surface area contributed by atoms with Gasteiger partial charge in [-0.25, -0.2) is 9.97 Å². The molecule has 3 aromatic heterocycles. The molecule has 1 atom stereocenters. The minimum atomic E-state index is -0.493. The second kappa shape index (κ2) is 6.55. The first-order chi connectivity index (χ1) is 12.6. The molecule has 1 aliphatic carbocycles. The maximum atomic E-state index is 12.6. The highest BCUT2D eigenvalue weighted by molar-refractivity contribution is 5.93. The minimum absolute atomic E-state index is 0.0236. The number of pyridine rings is 1. The number of H-pyrrole nitrogens is 1. The van der Waals surface area contributed by atoms with Gasteiger partial charge in [-0.2, -0.15) is 0 Å². The third-order valence-electron chi connectivity index (χ3n) is 4.47. The van der Waals surface area contributed by atoms with Gasteiger partial charge >= 0.3 is 0 Å². The van der Waals surface area contributed by atoms with E-state index in [1.807, 2.05) is 17.8 Å². The number of aryl methyl sites for hydroxylation is 1. The van der Waals surface area contributed by atoms with Gasteiger partial charge in [0.05, 0.1) is 6.04 Å². The van der Waals surface area contributed by atoms with Crippen molar-refractivity contribution >= 4 is 5.91 Å². The highest BCUT2D eigenvalue weighted by Crippen LogP contribution is 2.40. The Hall–Kier alpha value is -3.29. The summed E-state index contributed by atoms with van der Waals surface area (Å²) in [6.07, 6.45) is 8.51. The first-order valence-corrected chi connectivity index (χ1v) is 8.42. The Morgan fingerprint density at radius 2 is 2.12 bits per heavy atom. The van der Waals surface area contributed by atoms with Crippen molar-refractivity contribution in [2.45, 2.75) is 18.9 Å². The fraction of sp³-hybridized carbons (Fsp3) is 0.278. The van der Waals surface area contributed by atoms with E-state index in [-0.39, 0.29) is 11.6 Å². The van der Waals surface area contributed by atoms with E-state index in [1.54, 1.807) is 30.6 Å². The summed E-state index contributed by atoms with van der Waals surface area (Å²) < 4.78 is 1.88. The van der Waals surface area contributed by atoms with Gasteiger partial charge in [-0.15, -0.1) is 0 Å². The van der Waals surface area contributed by atoms with Gasteiger partial charge in [-0.3, -0.25) is 14.6 Å². The van der Waals surface area contributed by atoms with Gasteiger partial charge in [-0.1, -0.05) is 6.07 Å². The third-order valence-corrected chi connectivity index (χ3v) is 4.47. The number of nitrogens with one attached hydrogen (secondary N) is 2. The number of nitrogens with zero attached hydrogens (tertiary/aromatic N) is 4. The summed E-state index contributed by atoms with van der Waals surface area (Å²) in [5.74, 6) is 1.01. The van der Waals surface area contributed by atoms with Gasteiger partial charge < -0.3 is 14.9 Å². The zero-order chi connectivity index (χ0) is 18.1. The first-order valence-electron chi connectivity index (χ1n) is 8.42. The lowest BCUT2D eigenvalue weighted by Gasteiger charge is -2.17. The minimum Gasteiger partial charge on any atom is -0.342 e. The topological polar surface area (TPSA) is 106 Å². The zero-order valence-corrected chi connectivity index (χ0v) is 14.2. The fourth-order valence-corrected chi connectivity index (χ4v) is 2.91. The molecule has 0 aromatic carbocycles. The number of carbonyl (C=O) groups is 1. The van der Waals surface area contributed by atoms with Gasteiger partial charge in [0.25, 0.3) is 11.5 Å². The molecule has 1 saturated carbocycles. The SMILES string of the molecule is Cn1ccnc1[C@H](NC(=O)c1cnc(-c2ccccn2)[nH]c1=O)C1CC1. The molecular formula is C18H18N6O2. The van der Waals surface area contributed by atoms with E-state index in [1.165, 1.54) is 6.20 Å². The molecule has 1 aliphatic rings. The van der Waals surface area contributed by atoms with Crippen molar-refractivity contribution < 1.29 is 4.79 Å². The van der Waals surface area contributed by atoms with Crippen LogP contribution in [0.3, 0.4) is 0 Å². The summed E-state index contributed by atoms with van der Waals surface area (Å²) in [6.45, 7) is 0. The number of imidazole rings is 1. The maximum absolute atomic E-state index is 12.6. The molecular weight excluding hydrogens is 332 g/mol. The molecule has 2 N–H and O–H groups in total. The van der Waals surface area contributed by atoms with Gasteiger partial charge in [0.1, 0.15) is 17.1 Å². The second-order valence-corrected chi connectivity index (χ2v) is 6.37. The van der Waals surface area contributed by atoms with Crippen molar-refractivity contribution in [1.29, 1.82) is 0 Å².